The van der Waals surface area contributed by atoms with Gasteiger partial charge in [-0.05, 0) is 49.4 Å². The fourth-order valence-electron chi connectivity index (χ4n) is 2.18. The van der Waals surface area contributed by atoms with E-state index in [4.69, 9.17) is 0 Å². The van der Waals surface area contributed by atoms with Gasteiger partial charge >= 0.3 is 0 Å². The van der Waals surface area contributed by atoms with Crippen LogP contribution in [0.15, 0.2) is 47.5 Å². The first-order chi connectivity index (χ1) is 10.6. The zero-order valence-electron chi connectivity index (χ0n) is 11.7. The Labute approximate surface area is 129 Å². The Morgan fingerprint density at radius 3 is 2.50 bits per heavy atom. The lowest BCUT2D eigenvalue weighted by atomic mass is 10.2. The predicted molar refractivity (Wildman–Crippen MR) is 81.7 cm³/mol. The number of halogens is 2. The quantitative estimate of drug-likeness (QED) is 0.709. The summed E-state index contributed by atoms with van der Waals surface area (Å²) in [7, 11) is 0. The van der Waals surface area contributed by atoms with Crippen molar-refractivity contribution < 1.29 is 13.6 Å². The highest BCUT2D eigenvalue weighted by molar-refractivity contribution is 7.16. The van der Waals surface area contributed by atoms with Gasteiger partial charge in [0, 0.05) is 12.1 Å². The second-order valence-corrected chi connectivity index (χ2v) is 5.67. The van der Waals surface area contributed by atoms with E-state index in [1.165, 1.54) is 47.7 Å². The Morgan fingerprint density at radius 1 is 1.14 bits per heavy atom. The maximum absolute atomic E-state index is 13.3. The van der Waals surface area contributed by atoms with Crippen molar-refractivity contribution in [1.82, 2.24) is 4.57 Å². The van der Waals surface area contributed by atoms with Gasteiger partial charge in [-0.2, -0.15) is 4.99 Å². The number of amides is 1. The molecule has 0 aliphatic heterocycles. The third-order valence-corrected chi connectivity index (χ3v) is 4.29. The molecule has 0 spiro atoms. The Balaban J connectivity index is 2.12. The zero-order valence-corrected chi connectivity index (χ0v) is 12.5. The standard InChI is InChI=1S/C16H12F2N2OS/c1-2-20-13-8-7-12(18)9-14(13)22-16(20)19-15(21)10-3-5-11(17)6-4-10/h3-9H,2H2,1H3. The van der Waals surface area contributed by atoms with E-state index in [0.29, 0.717) is 16.9 Å². The molecule has 0 fully saturated rings. The lowest BCUT2D eigenvalue weighted by Crippen LogP contribution is -2.15. The van der Waals surface area contributed by atoms with Crippen LogP contribution in [0.2, 0.25) is 0 Å². The summed E-state index contributed by atoms with van der Waals surface area (Å²) in [5, 5.41) is 0. The molecule has 0 unspecified atom stereocenters. The molecular weight excluding hydrogens is 306 g/mol. The number of benzene rings is 2. The number of thiazole rings is 1. The number of carbonyl (C=O) groups is 1. The van der Waals surface area contributed by atoms with E-state index < -0.39 is 11.7 Å². The summed E-state index contributed by atoms with van der Waals surface area (Å²) < 4.78 is 28.8. The van der Waals surface area contributed by atoms with Gasteiger partial charge in [-0.1, -0.05) is 11.3 Å². The second-order valence-electron chi connectivity index (χ2n) is 4.66. The molecular formula is C16H12F2N2OS. The van der Waals surface area contributed by atoms with E-state index in [1.807, 2.05) is 11.5 Å². The first-order valence-electron chi connectivity index (χ1n) is 6.72. The maximum atomic E-state index is 13.3. The Morgan fingerprint density at radius 2 is 1.82 bits per heavy atom. The van der Waals surface area contributed by atoms with E-state index in [-0.39, 0.29) is 5.82 Å². The average molecular weight is 318 g/mol. The van der Waals surface area contributed by atoms with E-state index in [1.54, 1.807) is 6.07 Å². The SMILES string of the molecule is CCn1c(=NC(=O)c2ccc(F)cc2)sc2cc(F)ccc21. The molecule has 0 saturated carbocycles. The molecule has 1 amide bonds. The molecule has 0 radical (unpaired) electrons. The van der Waals surface area contributed by atoms with Crippen molar-refractivity contribution in [2.75, 3.05) is 0 Å². The normalized spacial score (nSPS) is 12.0. The van der Waals surface area contributed by atoms with Gasteiger partial charge in [0.25, 0.3) is 5.91 Å². The summed E-state index contributed by atoms with van der Waals surface area (Å²) in [5.41, 5.74) is 1.15. The summed E-state index contributed by atoms with van der Waals surface area (Å²) in [6.45, 7) is 2.54. The molecule has 0 N–H and O–H groups in total. The van der Waals surface area contributed by atoms with E-state index in [2.05, 4.69) is 4.99 Å². The van der Waals surface area contributed by atoms with Gasteiger partial charge in [-0.25, -0.2) is 8.78 Å². The number of fused-ring (bicyclic) bond motifs is 1. The topological polar surface area (TPSA) is 34.4 Å². The molecule has 0 atom stereocenters. The molecule has 3 rings (SSSR count). The van der Waals surface area contributed by atoms with Crippen molar-refractivity contribution in [2.24, 2.45) is 4.99 Å². The first-order valence-corrected chi connectivity index (χ1v) is 7.53. The molecule has 3 aromatic rings. The molecule has 0 aliphatic rings. The summed E-state index contributed by atoms with van der Waals surface area (Å²) in [5.74, 6) is -1.18. The van der Waals surface area contributed by atoms with E-state index in [9.17, 15) is 13.6 Å². The minimum Gasteiger partial charge on any atom is -0.317 e. The van der Waals surface area contributed by atoms with Crippen LogP contribution in [0.25, 0.3) is 10.2 Å². The molecule has 1 heterocycles. The van der Waals surface area contributed by atoms with Crippen molar-refractivity contribution in [2.45, 2.75) is 13.5 Å². The number of aromatic nitrogens is 1. The largest absolute Gasteiger partial charge is 0.317 e. The number of rotatable bonds is 2. The summed E-state index contributed by atoms with van der Waals surface area (Å²) in [6, 6.07) is 9.70. The predicted octanol–water partition coefficient (Wildman–Crippen LogP) is 3.74. The molecule has 0 bridgehead atoms. The molecule has 0 aliphatic carbocycles. The smallest absolute Gasteiger partial charge is 0.279 e. The Bertz CT molecular complexity index is 910. The molecule has 112 valence electrons. The Kier molecular flexibility index (Phi) is 3.85. The fourth-order valence-corrected chi connectivity index (χ4v) is 3.30. The van der Waals surface area contributed by atoms with Crippen molar-refractivity contribution in [3.63, 3.8) is 0 Å². The van der Waals surface area contributed by atoms with Crippen LogP contribution in [0.1, 0.15) is 17.3 Å². The van der Waals surface area contributed by atoms with Crippen molar-refractivity contribution in [3.05, 3.63) is 64.5 Å². The molecule has 0 saturated heterocycles. The summed E-state index contributed by atoms with van der Waals surface area (Å²) in [4.78, 5) is 16.8. The fraction of sp³-hybridized carbons (Fsp3) is 0.125. The van der Waals surface area contributed by atoms with Crippen LogP contribution < -0.4 is 4.80 Å². The minimum atomic E-state index is -0.450. The maximum Gasteiger partial charge on any atom is 0.279 e. The third kappa shape index (κ3) is 2.69. The van der Waals surface area contributed by atoms with E-state index >= 15 is 0 Å². The van der Waals surface area contributed by atoms with Gasteiger partial charge in [0.2, 0.25) is 0 Å². The van der Waals surface area contributed by atoms with Crippen LogP contribution in [0, 0.1) is 11.6 Å². The summed E-state index contributed by atoms with van der Waals surface area (Å²) in [6.07, 6.45) is 0. The van der Waals surface area contributed by atoms with Gasteiger partial charge in [-0.3, -0.25) is 4.79 Å². The van der Waals surface area contributed by atoms with Crippen molar-refractivity contribution in [3.8, 4) is 0 Å². The lowest BCUT2D eigenvalue weighted by molar-refractivity contribution is 0.0998. The first kappa shape index (κ1) is 14.6. The summed E-state index contributed by atoms with van der Waals surface area (Å²) >= 11 is 1.25. The molecule has 1 aromatic heterocycles. The van der Waals surface area contributed by atoms with Gasteiger partial charge < -0.3 is 4.57 Å². The monoisotopic (exact) mass is 318 g/mol. The molecule has 2 aromatic carbocycles. The van der Waals surface area contributed by atoms with Crippen molar-refractivity contribution in [1.29, 1.82) is 0 Å². The lowest BCUT2D eigenvalue weighted by Gasteiger charge is -2.00. The van der Waals surface area contributed by atoms with Crippen LogP contribution in [0.5, 0.6) is 0 Å². The number of nitrogens with zero attached hydrogens (tertiary/aromatic N) is 2. The van der Waals surface area contributed by atoms with Gasteiger partial charge in [0.05, 0.1) is 10.2 Å². The van der Waals surface area contributed by atoms with E-state index in [0.717, 1.165) is 10.2 Å². The number of hydrogen-bond acceptors (Lipinski definition) is 2. The van der Waals surface area contributed by atoms with Crippen LogP contribution in [-0.4, -0.2) is 10.5 Å². The minimum absolute atomic E-state index is 0.313. The molecule has 3 nitrogen and oxygen atoms in total. The van der Waals surface area contributed by atoms with Crippen LogP contribution in [-0.2, 0) is 6.54 Å². The van der Waals surface area contributed by atoms with Gasteiger partial charge in [-0.15, -0.1) is 0 Å². The van der Waals surface area contributed by atoms with Gasteiger partial charge in [0.15, 0.2) is 4.80 Å². The average Bonchev–Trinajstić information content (AvgIpc) is 2.83. The van der Waals surface area contributed by atoms with Gasteiger partial charge in [0.1, 0.15) is 11.6 Å². The van der Waals surface area contributed by atoms with Crippen LogP contribution in [0.4, 0.5) is 8.78 Å². The molecule has 22 heavy (non-hydrogen) atoms. The Hall–Kier alpha value is -2.34. The number of hydrogen-bond donors (Lipinski definition) is 0. The highest BCUT2D eigenvalue weighted by Crippen LogP contribution is 2.18. The zero-order chi connectivity index (χ0) is 15.7. The number of aryl methyl sites for hydroxylation is 1. The van der Waals surface area contributed by atoms with Crippen molar-refractivity contribution >= 4 is 27.5 Å². The number of carbonyl (C=O) groups excluding carboxylic acids is 1. The highest BCUT2D eigenvalue weighted by Gasteiger charge is 2.09. The highest BCUT2D eigenvalue weighted by atomic mass is 32.1. The second kappa shape index (κ2) is 5.81. The third-order valence-electron chi connectivity index (χ3n) is 3.25. The van der Waals surface area contributed by atoms with Crippen LogP contribution in [0.3, 0.4) is 0 Å². The molecule has 6 heteroatoms. The van der Waals surface area contributed by atoms with Crippen LogP contribution >= 0.6 is 11.3 Å².